The van der Waals surface area contributed by atoms with Crippen molar-refractivity contribution in [3.8, 4) is 6.01 Å². The second-order valence-electron chi connectivity index (χ2n) is 4.39. The predicted molar refractivity (Wildman–Crippen MR) is 61.9 cm³/mol. The first-order valence-electron chi connectivity index (χ1n) is 5.83. The molecule has 0 atom stereocenters. The lowest BCUT2D eigenvalue weighted by molar-refractivity contribution is 0.105. The molecule has 0 unspecified atom stereocenters. The number of hydrogen-bond acceptors (Lipinski definition) is 5. The van der Waals surface area contributed by atoms with E-state index >= 15 is 0 Å². The van der Waals surface area contributed by atoms with Crippen LogP contribution < -0.4 is 4.74 Å². The van der Waals surface area contributed by atoms with Crippen LogP contribution in [0.2, 0.25) is 0 Å². The lowest BCUT2D eigenvalue weighted by Crippen LogP contribution is -2.36. The normalized spacial score (nSPS) is 18.6. The van der Waals surface area contributed by atoms with Gasteiger partial charge in [-0.15, -0.1) is 0 Å². The number of nitrogens with zero attached hydrogens (tertiary/aromatic N) is 5. The van der Waals surface area contributed by atoms with E-state index < -0.39 is 0 Å². The number of aromatic nitrogens is 4. The molecule has 1 saturated heterocycles. The maximum absolute atomic E-state index is 5.79. The van der Waals surface area contributed by atoms with Crippen LogP contribution in [0.25, 0.3) is 5.65 Å². The Morgan fingerprint density at radius 3 is 3.00 bits per heavy atom. The highest BCUT2D eigenvalue weighted by atomic mass is 16.5. The van der Waals surface area contributed by atoms with Gasteiger partial charge in [-0.25, -0.2) is 4.52 Å². The molecule has 2 aromatic heterocycles. The molecule has 0 spiro atoms. The average Bonchev–Trinajstić information content (AvgIpc) is 2.79. The van der Waals surface area contributed by atoms with Crippen LogP contribution in [0, 0.1) is 0 Å². The number of rotatable bonds is 2. The van der Waals surface area contributed by atoms with Crippen LogP contribution >= 0.6 is 0 Å². The third-order valence-electron chi connectivity index (χ3n) is 3.07. The van der Waals surface area contributed by atoms with Crippen molar-refractivity contribution in [1.29, 1.82) is 0 Å². The smallest absolute Gasteiger partial charge is 0.320 e. The summed E-state index contributed by atoms with van der Waals surface area (Å²) in [5, 5.41) is 4.05. The average molecular weight is 233 g/mol. The molecule has 0 aromatic carbocycles. The fourth-order valence-corrected chi connectivity index (χ4v) is 2.02. The lowest BCUT2D eigenvalue weighted by Gasteiger charge is -2.28. The number of piperidine rings is 1. The zero-order valence-electron chi connectivity index (χ0n) is 9.78. The van der Waals surface area contributed by atoms with Crippen LogP contribution in [-0.2, 0) is 0 Å². The van der Waals surface area contributed by atoms with Crippen molar-refractivity contribution in [3.63, 3.8) is 0 Å². The molecule has 0 saturated carbocycles. The molecule has 0 aliphatic carbocycles. The SMILES string of the molecule is CN1CCC(Oc2ncn3nccc3n2)CC1. The van der Waals surface area contributed by atoms with E-state index in [2.05, 4.69) is 27.0 Å². The zero-order chi connectivity index (χ0) is 11.7. The monoisotopic (exact) mass is 233 g/mol. The summed E-state index contributed by atoms with van der Waals surface area (Å²) in [5.41, 5.74) is 0.767. The summed E-state index contributed by atoms with van der Waals surface area (Å²) < 4.78 is 7.42. The predicted octanol–water partition coefficient (Wildman–Crippen LogP) is 0.597. The Bertz CT molecular complexity index is 503. The Kier molecular flexibility index (Phi) is 2.64. The van der Waals surface area contributed by atoms with Crippen molar-refractivity contribution in [3.05, 3.63) is 18.6 Å². The summed E-state index contributed by atoms with van der Waals surface area (Å²) in [4.78, 5) is 10.8. The summed E-state index contributed by atoms with van der Waals surface area (Å²) in [6.45, 7) is 2.14. The molecular formula is C11H15N5O. The summed E-state index contributed by atoms with van der Waals surface area (Å²) in [5.74, 6) is 0. The maximum atomic E-state index is 5.79. The van der Waals surface area contributed by atoms with Crippen molar-refractivity contribution < 1.29 is 4.74 Å². The first-order chi connectivity index (χ1) is 8.31. The molecule has 0 amide bonds. The van der Waals surface area contributed by atoms with E-state index in [-0.39, 0.29) is 6.10 Å². The quantitative estimate of drug-likeness (QED) is 0.760. The molecule has 17 heavy (non-hydrogen) atoms. The zero-order valence-corrected chi connectivity index (χ0v) is 9.78. The van der Waals surface area contributed by atoms with E-state index in [9.17, 15) is 0 Å². The van der Waals surface area contributed by atoms with Crippen LogP contribution in [0.4, 0.5) is 0 Å². The molecule has 6 heteroatoms. The van der Waals surface area contributed by atoms with Crippen LogP contribution in [0.15, 0.2) is 18.6 Å². The molecular weight excluding hydrogens is 218 g/mol. The number of ether oxygens (including phenoxy) is 1. The minimum Gasteiger partial charge on any atom is -0.460 e. The summed E-state index contributed by atoms with van der Waals surface area (Å²) in [7, 11) is 2.13. The summed E-state index contributed by atoms with van der Waals surface area (Å²) in [6.07, 6.45) is 5.63. The van der Waals surface area contributed by atoms with Crippen LogP contribution in [0.1, 0.15) is 12.8 Å². The van der Waals surface area contributed by atoms with Gasteiger partial charge in [-0.2, -0.15) is 15.1 Å². The second kappa shape index (κ2) is 4.29. The third-order valence-corrected chi connectivity index (χ3v) is 3.07. The molecule has 6 nitrogen and oxygen atoms in total. The molecule has 1 aliphatic heterocycles. The molecule has 90 valence electrons. The standard InChI is InChI=1S/C11H15N5O/c1-15-6-3-9(4-7-15)17-11-12-8-16-10(14-11)2-5-13-16/h2,5,8-9H,3-4,6-7H2,1H3. The largest absolute Gasteiger partial charge is 0.460 e. The van der Waals surface area contributed by atoms with Gasteiger partial charge in [0.15, 0.2) is 5.65 Å². The Morgan fingerprint density at radius 1 is 1.35 bits per heavy atom. The first-order valence-corrected chi connectivity index (χ1v) is 5.83. The minimum absolute atomic E-state index is 0.233. The summed E-state index contributed by atoms with van der Waals surface area (Å²) >= 11 is 0. The van der Waals surface area contributed by atoms with Gasteiger partial charge in [-0.1, -0.05) is 0 Å². The molecule has 0 radical (unpaired) electrons. The first kappa shape index (κ1) is 10.5. The molecule has 0 bridgehead atoms. The Balaban J connectivity index is 1.71. The van der Waals surface area contributed by atoms with Crippen LogP contribution in [0.3, 0.4) is 0 Å². The van der Waals surface area contributed by atoms with Gasteiger partial charge in [-0.3, -0.25) is 0 Å². The van der Waals surface area contributed by atoms with E-state index in [4.69, 9.17) is 4.74 Å². The fraction of sp³-hybridized carbons (Fsp3) is 0.545. The molecule has 1 aliphatic rings. The second-order valence-corrected chi connectivity index (χ2v) is 4.39. The highest BCUT2D eigenvalue weighted by Gasteiger charge is 2.19. The molecule has 2 aromatic rings. The van der Waals surface area contributed by atoms with E-state index in [0.717, 1.165) is 31.6 Å². The number of fused-ring (bicyclic) bond motifs is 1. The Labute approximate surface area is 99.2 Å². The van der Waals surface area contributed by atoms with Gasteiger partial charge < -0.3 is 9.64 Å². The molecule has 0 N–H and O–H groups in total. The van der Waals surface area contributed by atoms with Crippen molar-refractivity contribution in [2.75, 3.05) is 20.1 Å². The Morgan fingerprint density at radius 2 is 2.18 bits per heavy atom. The number of hydrogen-bond donors (Lipinski definition) is 0. The third kappa shape index (κ3) is 2.21. The number of likely N-dealkylation sites (tertiary alicyclic amines) is 1. The van der Waals surface area contributed by atoms with Gasteiger partial charge in [0.2, 0.25) is 0 Å². The van der Waals surface area contributed by atoms with Crippen molar-refractivity contribution in [2.24, 2.45) is 0 Å². The van der Waals surface area contributed by atoms with Gasteiger partial charge in [0.25, 0.3) is 0 Å². The highest BCUT2D eigenvalue weighted by molar-refractivity contribution is 5.35. The van der Waals surface area contributed by atoms with Gasteiger partial charge in [0.1, 0.15) is 12.4 Å². The Hall–Kier alpha value is -1.69. The van der Waals surface area contributed by atoms with Gasteiger partial charge >= 0.3 is 6.01 Å². The van der Waals surface area contributed by atoms with Gasteiger partial charge in [0, 0.05) is 19.2 Å². The van der Waals surface area contributed by atoms with E-state index in [1.807, 2.05) is 6.07 Å². The van der Waals surface area contributed by atoms with E-state index in [1.54, 1.807) is 17.0 Å². The van der Waals surface area contributed by atoms with Crippen molar-refractivity contribution in [1.82, 2.24) is 24.5 Å². The van der Waals surface area contributed by atoms with Crippen molar-refractivity contribution in [2.45, 2.75) is 18.9 Å². The lowest BCUT2D eigenvalue weighted by atomic mass is 10.1. The molecule has 3 heterocycles. The van der Waals surface area contributed by atoms with E-state index in [0.29, 0.717) is 6.01 Å². The molecule has 1 fully saturated rings. The highest BCUT2D eigenvalue weighted by Crippen LogP contribution is 2.14. The maximum Gasteiger partial charge on any atom is 0.320 e. The minimum atomic E-state index is 0.233. The molecule has 3 rings (SSSR count). The van der Waals surface area contributed by atoms with Crippen molar-refractivity contribution >= 4 is 5.65 Å². The van der Waals surface area contributed by atoms with Gasteiger partial charge in [-0.05, 0) is 19.9 Å². The van der Waals surface area contributed by atoms with Crippen LogP contribution in [-0.4, -0.2) is 50.7 Å². The summed E-state index contributed by atoms with van der Waals surface area (Å²) in [6, 6.07) is 2.29. The topological polar surface area (TPSA) is 55.5 Å². The van der Waals surface area contributed by atoms with Crippen LogP contribution in [0.5, 0.6) is 6.01 Å². The fourth-order valence-electron chi connectivity index (χ4n) is 2.02. The van der Waals surface area contributed by atoms with Gasteiger partial charge in [0.05, 0.1) is 6.20 Å². The van der Waals surface area contributed by atoms with E-state index in [1.165, 1.54) is 0 Å².